The van der Waals surface area contributed by atoms with Crippen LogP contribution >= 0.6 is 11.6 Å². The highest BCUT2D eigenvalue weighted by Crippen LogP contribution is 2.19. The Morgan fingerprint density at radius 1 is 1.40 bits per heavy atom. The first-order chi connectivity index (χ1) is 9.49. The van der Waals surface area contributed by atoms with Crippen molar-refractivity contribution in [1.29, 1.82) is 0 Å². The Kier molecular flexibility index (Phi) is 4.42. The van der Waals surface area contributed by atoms with Gasteiger partial charge in [0, 0.05) is 18.1 Å². The summed E-state index contributed by atoms with van der Waals surface area (Å²) < 4.78 is 4.95. The van der Waals surface area contributed by atoms with Crippen LogP contribution in [0.4, 0.5) is 0 Å². The average molecular weight is 295 g/mol. The summed E-state index contributed by atoms with van der Waals surface area (Å²) in [5, 5.41) is 13.6. The van der Waals surface area contributed by atoms with Crippen LogP contribution in [0.1, 0.15) is 27.4 Å². The van der Waals surface area contributed by atoms with E-state index < -0.39 is 5.97 Å². The van der Waals surface area contributed by atoms with Crippen molar-refractivity contribution in [2.24, 2.45) is 0 Å². The summed E-state index contributed by atoms with van der Waals surface area (Å²) >= 11 is 6.10. The molecule has 2 aromatic rings. The lowest BCUT2D eigenvalue weighted by atomic mass is 10.1. The van der Waals surface area contributed by atoms with Gasteiger partial charge in [0.05, 0.1) is 0 Å². The van der Waals surface area contributed by atoms with Crippen molar-refractivity contribution in [3.05, 3.63) is 51.9 Å². The first-order valence-electron chi connectivity index (χ1n) is 6.09. The molecule has 0 fully saturated rings. The van der Waals surface area contributed by atoms with E-state index in [1.54, 1.807) is 6.92 Å². The Morgan fingerprint density at radius 2 is 2.10 bits per heavy atom. The van der Waals surface area contributed by atoms with E-state index in [9.17, 15) is 4.79 Å². The minimum Gasteiger partial charge on any atom is -0.477 e. The van der Waals surface area contributed by atoms with Crippen LogP contribution in [0, 0.1) is 6.92 Å². The Hall–Kier alpha value is -1.85. The molecule has 106 valence electrons. The van der Waals surface area contributed by atoms with E-state index in [-0.39, 0.29) is 5.56 Å². The smallest absolute Gasteiger partial charge is 0.341 e. The fraction of sp³-hybridized carbons (Fsp3) is 0.286. The Balaban J connectivity index is 2.11. The number of rotatable bonds is 5. The largest absolute Gasteiger partial charge is 0.477 e. The summed E-state index contributed by atoms with van der Waals surface area (Å²) in [7, 11) is 1.87. The zero-order valence-corrected chi connectivity index (χ0v) is 12.0. The van der Waals surface area contributed by atoms with Gasteiger partial charge >= 0.3 is 5.97 Å². The number of benzene rings is 1. The maximum atomic E-state index is 11.2. The van der Waals surface area contributed by atoms with Gasteiger partial charge in [-0.25, -0.2) is 4.79 Å². The van der Waals surface area contributed by atoms with Crippen molar-refractivity contribution in [2.75, 3.05) is 7.05 Å². The molecule has 6 heteroatoms. The predicted octanol–water partition coefficient (Wildman–Crippen LogP) is 2.97. The molecule has 0 bridgehead atoms. The number of carbonyl (C=O) groups is 1. The third-order valence-electron chi connectivity index (χ3n) is 2.97. The van der Waals surface area contributed by atoms with E-state index in [0.717, 1.165) is 5.56 Å². The van der Waals surface area contributed by atoms with E-state index in [2.05, 4.69) is 5.16 Å². The molecule has 0 saturated heterocycles. The Bertz CT molecular complexity index is 625. The highest BCUT2D eigenvalue weighted by molar-refractivity contribution is 6.31. The van der Waals surface area contributed by atoms with Crippen LogP contribution in [0.25, 0.3) is 0 Å². The monoisotopic (exact) mass is 294 g/mol. The normalized spacial score (nSPS) is 11.0. The zero-order chi connectivity index (χ0) is 14.7. The van der Waals surface area contributed by atoms with Crippen LogP contribution in [-0.4, -0.2) is 28.2 Å². The standard InChI is InChI=1S/C14H15ClN2O3/c1-9-13(14(18)19)12(16-20-9)8-17(2)7-10-5-3-4-6-11(10)15/h3-6H,7-8H2,1-2H3,(H,18,19). The topological polar surface area (TPSA) is 66.6 Å². The van der Waals surface area contributed by atoms with Crippen molar-refractivity contribution in [3.63, 3.8) is 0 Å². The van der Waals surface area contributed by atoms with Gasteiger partial charge < -0.3 is 9.63 Å². The average Bonchev–Trinajstić information content (AvgIpc) is 2.73. The van der Waals surface area contributed by atoms with Gasteiger partial charge in [0.1, 0.15) is 17.0 Å². The second-order valence-corrected chi connectivity index (χ2v) is 5.04. The molecule has 0 aliphatic heterocycles. The number of aromatic nitrogens is 1. The van der Waals surface area contributed by atoms with Gasteiger partial charge in [0.25, 0.3) is 0 Å². The summed E-state index contributed by atoms with van der Waals surface area (Å²) in [4.78, 5) is 13.1. The molecule has 20 heavy (non-hydrogen) atoms. The molecular weight excluding hydrogens is 280 g/mol. The molecule has 0 spiro atoms. The fourth-order valence-corrected chi connectivity index (χ4v) is 2.22. The molecule has 1 aromatic carbocycles. The van der Waals surface area contributed by atoms with Gasteiger partial charge in [-0.05, 0) is 25.6 Å². The molecule has 0 aliphatic rings. The Labute approximate surface area is 121 Å². The lowest BCUT2D eigenvalue weighted by molar-refractivity contribution is 0.0693. The summed E-state index contributed by atoms with van der Waals surface area (Å²) in [6.07, 6.45) is 0. The van der Waals surface area contributed by atoms with Gasteiger partial charge in [-0.3, -0.25) is 4.90 Å². The number of hydrogen-bond donors (Lipinski definition) is 1. The minimum atomic E-state index is -1.02. The van der Waals surface area contributed by atoms with Crippen LogP contribution in [0.2, 0.25) is 5.02 Å². The van der Waals surface area contributed by atoms with Crippen LogP contribution < -0.4 is 0 Å². The maximum Gasteiger partial charge on any atom is 0.341 e. The molecule has 0 amide bonds. The van der Waals surface area contributed by atoms with E-state index >= 15 is 0 Å². The fourth-order valence-electron chi connectivity index (χ4n) is 2.03. The van der Waals surface area contributed by atoms with Gasteiger partial charge in [-0.15, -0.1) is 0 Å². The molecule has 1 heterocycles. The second kappa shape index (κ2) is 6.07. The molecule has 1 N–H and O–H groups in total. The van der Waals surface area contributed by atoms with Gasteiger partial charge in [-0.2, -0.15) is 0 Å². The molecule has 0 saturated carbocycles. The van der Waals surface area contributed by atoms with Crippen molar-refractivity contribution < 1.29 is 14.4 Å². The van der Waals surface area contributed by atoms with Gasteiger partial charge in [0.2, 0.25) is 0 Å². The number of carboxylic acids is 1. The number of hydrogen-bond acceptors (Lipinski definition) is 4. The SMILES string of the molecule is Cc1onc(CN(C)Cc2ccccc2Cl)c1C(=O)O. The summed E-state index contributed by atoms with van der Waals surface area (Å²) in [6, 6.07) is 7.55. The van der Waals surface area contributed by atoms with Gasteiger partial charge in [-0.1, -0.05) is 35.0 Å². The quantitative estimate of drug-likeness (QED) is 0.918. The molecule has 0 radical (unpaired) electrons. The van der Waals surface area contributed by atoms with E-state index in [4.69, 9.17) is 21.2 Å². The maximum absolute atomic E-state index is 11.2. The molecular formula is C14H15ClN2O3. The van der Waals surface area contributed by atoms with Crippen LogP contribution in [0.5, 0.6) is 0 Å². The third-order valence-corrected chi connectivity index (χ3v) is 3.33. The highest BCUT2D eigenvalue weighted by Gasteiger charge is 2.20. The molecule has 2 rings (SSSR count). The highest BCUT2D eigenvalue weighted by atomic mass is 35.5. The molecule has 5 nitrogen and oxygen atoms in total. The number of nitrogens with zero attached hydrogens (tertiary/aromatic N) is 2. The first-order valence-corrected chi connectivity index (χ1v) is 6.47. The van der Waals surface area contributed by atoms with Crippen molar-refractivity contribution >= 4 is 17.6 Å². The predicted molar refractivity (Wildman–Crippen MR) is 74.8 cm³/mol. The molecule has 1 aromatic heterocycles. The van der Waals surface area contributed by atoms with Crippen LogP contribution in [0.3, 0.4) is 0 Å². The van der Waals surface area contributed by atoms with E-state index in [1.165, 1.54) is 0 Å². The number of aromatic carboxylic acids is 1. The molecule has 0 unspecified atom stereocenters. The summed E-state index contributed by atoms with van der Waals surface area (Å²) in [5.74, 6) is -0.705. The minimum absolute atomic E-state index is 0.135. The van der Waals surface area contributed by atoms with Crippen molar-refractivity contribution in [3.8, 4) is 0 Å². The zero-order valence-electron chi connectivity index (χ0n) is 11.3. The number of aryl methyl sites for hydroxylation is 1. The first kappa shape index (κ1) is 14.6. The van der Waals surface area contributed by atoms with Gasteiger partial charge in [0.15, 0.2) is 0 Å². The summed E-state index contributed by atoms with van der Waals surface area (Å²) in [6.45, 7) is 2.57. The summed E-state index contributed by atoms with van der Waals surface area (Å²) in [5.41, 5.74) is 1.54. The van der Waals surface area contributed by atoms with E-state index in [0.29, 0.717) is 29.6 Å². The Morgan fingerprint density at radius 3 is 2.75 bits per heavy atom. The van der Waals surface area contributed by atoms with Crippen LogP contribution in [0.15, 0.2) is 28.8 Å². The molecule has 0 aliphatic carbocycles. The second-order valence-electron chi connectivity index (χ2n) is 4.63. The van der Waals surface area contributed by atoms with E-state index in [1.807, 2.05) is 36.2 Å². The number of halogens is 1. The lowest BCUT2D eigenvalue weighted by Gasteiger charge is -2.16. The number of carboxylic acid groups (broad SMARTS) is 1. The van der Waals surface area contributed by atoms with Crippen molar-refractivity contribution in [1.82, 2.24) is 10.1 Å². The molecule has 0 atom stereocenters. The third kappa shape index (κ3) is 3.18. The lowest BCUT2D eigenvalue weighted by Crippen LogP contribution is -2.19. The van der Waals surface area contributed by atoms with Crippen LogP contribution in [-0.2, 0) is 13.1 Å². The van der Waals surface area contributed by atoms with Crippen molar-refractivity contribution in [2.45, 2.75) is 20.0 Å².